The van der Waals surface area contributed by atoms with E-state index in [9.17, 15) is 9.59 Å². The molecule has 1 aliphatic rings. The first-order chi connectivity index (χ1) is 7.11. The number of aryl methyl sites for hydroxylation is 1. The Morgan fingerprint density at radius 2 is 2.07 bits per heavy atom. The van der Waals surface area contributed by atoms with E-state index in [1.807, 2.05) is 6.92 Å². The van der Waals surface area contributed by atoms with E-state index in [1.165, 1.54) is 7.11 Å². The Labute approximate surface area is 86.8 Å². The summed E-state index contributed by atoms with van der Waals surface area (Å²) in [6.07, 6.45) is 0.0878. The summed E-state index contributed by atoms with van der Waals surface area (Å²) < 4.78 is 9.66. The summed E-state index contributed by atoms with van der Waals surface area (Å²) in [6.45, 7) is 1.85. The van der Waals surface area contributed by atoms with Crippen LogP contribution in [0, 0.1) is 6.92 Å². The Morgan fingerprint density at radius 1 is 1.33 bits per heavy atom. The average molecular weight is 206 g/mol. The van der Waals surface area contributed by atoms with Gasteiger partial charge in [0.25, 0.3) is 0 Å². The van der Waals surface area contributed by atoms with Gasteiger partial charge in [-0.25, -0.2) is 4.79 Å². The number of hydrogen-bond acceptors (Lipinski definition) is 4. The van der Waals surface area contributed by atoms with E-state index in [2.05, 4.69) is 4.74 Å². The Kier molecular flexibility index (Phi) is 2.19. The minimum atomic E-state index is -0.594. The standard InChI is InChI=1S/C11H10O4/c1-6-3-8-7(9(4-6)14-2)5-10(12)15-11(8)13/h3-4H,5H2,1-2H3. The molecule has 0 unspecified atom stereocenters. The molecule has 0 atom stereocenters. The molecule has 4 nitrogen and oxygen atoms in total. The van der Waals surface area contributed by atoms with Crippen LogP contribution in [0.3, 0.4) is 0 Å². The molecular weight excluding hydrogens is 196 g/mol. The lowest BCUT2D eigenvalue weighted by Crippen LogP contribution is -2.23. The zero-order valence-corrected chi connectivity index (χ0v) is 8.49. The number of methoxy groups -OCH3 is 1. The van der Waals surface area contributed by atoms with Crippen molar-refractivity contribution in [2.75, 3.05) is 7.11 Å². The lowest BCUT2D eigenvalue weighted by atomic mass is 9.99. The van der Waals surface area contributed by atoms with Gasteiger partial charge >= 0.3 is 11.9 Å². The van der Waals surface area contributed by atoms with Gasteiger partial charge in [0.2, 0.25) is 0 Å². The molecule has 1 aromatic rings. The van der Waals surface area contributed by atoms with Crippen molar-refractivity contribution in [1.29, 1.82) is 0 Å². The average Bonchev–Trinajstić information content (AvgIpc) is 2.18. The molecule has 0 saturated heterocycles. The predicted octanol–water partition coefficient (Wildman–Crippen LogP) is 1.24. The predicted molar refractivity (Wildman–Crippen MR) is 51.9 cm³/mol. The van der Waals surface area contributed by atoms with Crippen LogP contribution in [0.4, 0.5) is 0 Å². The zero-order valence-electron chi connectivity index (χ0n) is 8.49. The van der Waals surface area contributed by atoms with Crippen molar-refractivity contribution in [3.8, 4) is 5.75 Å². The first-order valence-corrected chi connectivity index (χ1v) is 4.54. The van der Waals surface area contributed by atoms with E-state index in [0.29, 0.717) is 16.9 Å². The van der Waals surface area contributed by atoms with E-state index >= 15 is 0 Å². The second-order valence-electron chi connectivity index (χ2n) is 3.43. The lowest BCUT2D eigenvalue weighted by Gasteiger charge is -2.17. The molecule has 0 saturated carbocycles. The van der Waals surface area contributed by atoms with E-state index < -0.39 is 11.9 Å². The van der Waals surface area contributed by atoms with Crippen molar-refractivity contribution < 1.29 is 19.1 Å². The maximum atomic E-state index is 11.4. The van der Waals surface area contributed by atoms with Crippen LogP contribution in [0.2, 0.25) is 0 Å². The van der Waals surface area contributed by atoms with Gasteiger partial charge in [-0.05, 0) is 24.6 Å². The van der Waals surface area contributed by atoms with Crippen LogP contribution >= 0.6 is 0 Å². The van der Waals surface area contributed by atoms with E-state index in [1.54, 1.807) is 12.1 Å². The maximum Gasteiger partial charge on any atom is 0.346 e. The highest BCUT2D eigenvalue weighted by molar-refractivity contribution is 6.03. The third-order valence-electron chi connectivity index (χ3n) is 2.32. The highest BCUT2D eigenvalue weighted by Gasteiger charge is 2.27. The van der Waals surface area contributed by atoms with Crippen molar-refractivity contribution in [2.24, 2.45) is 0 Å². The molecule has 0 N–H and O–H groups in total. The monoisotopic (exact) mass is 206 g/mol. The van der Waals surface area contributed by atoms with Crippen LogP contribution in [-0.4, -0.2) is 19.0 Å². The molecule has 78 valence electrons. The minimum Gasteiger partial charge on any atom is -0.496 e. The Balaban J connectivity index is 2.63. The van der Waals surface area contributed by atoms with Gasteiger partial charge in [-0.3, -0.25) is 4.79 Å². The minimum absolute atomic E-state index is 0.0878. The number of benzene rings is 1. The van der Waals surface area contributed by atoms with Crippen LogP contribution in [0.5, 0.6) is 5.75 Å². The second kappa shape index (κ2) is 3.38. The second-order valence-corrected chi connectivity index (χ2v) is 3.43. The molecule has 1 aromatic carbocycles. The van der Waals surface area contributed by atoms with Crippen LogP contribution in [0.25, 0.3) is 0 Å². The van der Waals surface area contributed by atoms with Gasteiger partial charge in [-0.2, -0.15) is 0 Å². The molecule has 0 radical (unpaired) electrons. The van der Waals surface area contributed by atoms with Crippen molar-refractivity contribution in [2.45, 2.75) is 13.3 Å². The van der Waals surface area contributed by atoms with Gasteiger partial charge in [0.15, 0.2) is 0 Å². The molecule has 15 heavy (non-hydrogen) atoms. The number of rotatable bonds is 1. The molecule has 0 bridgehead atoms. The molecule has 0 spiro atoms. The molecule has 4 heteroatoms. The highest BCUT2D eigenvalue weighted by atomic mass is 16.6. The maximum absolute atomic E-state index is 11.4. The van der Waals surface area contributed by atoms with Gasteiger partial charge in [0.05, 0.1) is 19.1 Å². The Morgan fingerprint density at radius 3 is 2.73 bits per heavy atom. The van der Waals surface area contributed by atoms with Crippen molar-refractivity contribution in [3.05, 3.63) is 28.8 Å². The first kappa shape index (κ1) is 9.71. The van der Waals surface area contributed by atoms with Gasteiger partial charge < -0.3 is 9.47 Å². The first-order valence-electron chi connectivity index (χ1n) is 4.54. The van der Waals surface area contributed by atoms with Gasteiger partial charge in [-0.15, -0.1) is 0 Å². The number of ether oxygens (including phenoxy) is 2. The Hall–Kier alpha value is -1.84. The molecule has 1 aliphatic heterocycles. The number of esters is 2. The molecule has 2 rings (SSSR count). The molecule has 0 aromatic heterocycles. The van der Waals surface area contributed by atoms with E-state index in [4.69, 9.17) is 4.74 Å². The smallest absolute Gasteiger partial charge is 0.346 e. The summed E-state index contributed by atoms with van der Waals surface area (Å²) in [7, 11) is 1.51. The molecule has 0 fully saturated rings. The van der Waals surface area contributed by atoms with Crippen molar-refractivity contribution in [1.82, 2.24) is 0 Å². The summed E-state index contributed by atoms with van der Waals surface area (Å²) in [5, 5.41) is 0. The summed E-state index contributed by atoms with van der Waals surface area (Å²) in [4.78, 5) is 22.5. The summed E-state index contributed by atoms with van der Waals surface area (Å²) >= 11 is 0. The van der Waals surface area contributed by atoms with Crippen LogP contribution < -0.4 is 4.74 Å². The molecule has 0 amide bonds. The topological polar surface area (TPSA) is 52.6 Å². The SMILES string of the molecule is COc1cc(C)cc2c1CC(=O)OC2=O. The highest BCUT2D eigenvalue weighted by Crippen LogP contribution is 2.28. The van der Waals surface area contributed by atoms with Gasteiger partial charge in [0.1, 0.15) is 5.75 Å². The van der Waals surface area contributed by atoms with Crippen molar-refractivity contribution >= 4 is 11.9 Å². The number of fused-ring (bicyclic) bond motifs is 1. The van der Waals surface area contributed by atoms with E-state index in [0.717, 1.165) is 5.56 Å². The fraction of sp³-hybridized carbons (Fsp3) is 0.273. The quantitative estimate of drug-likeness (QED) is 0.512. The Bertz CT molecular complexity index is 448. The fourth-order valence-corrected chi connectivity index (χ4v) is 1.67. The third kappa shape index (κ3) is 1.58. The zero-order chi connectivity index (χ0) is 11.0. The van der Waals surface area contributed by atoms with Crippen LogP contribution in [0.1, 0.15) is 21.5 Å². The fourth-order valence-electron chi connectivity index (χ4n) is 1.67. The van der Waals surface area contributed by atoms with Crippen LogP contribution in [-0.2, 0) is 16.0 Å². The van der Waals surface area contributed by atoms with Crippen molar-refractivity contribution in [3.63, 3.8) is 0 Å². The lowest BCUT2D eigenvalue weighted by molar-refractivity contribution is -0.137. The summed E-state index contributed by atoms with van der Waals surface area (Å²) in [5.41, 5.74) is 1.94. The summed E-state index contributed by atoms with van der Waals surface area (Å²) in [5.74, 6) is -0.562. The molecule has 1 heterocycles. The van der Waals surface area contributed by atoms with Gasteiger partial charge in [-0.1, -0.05) is 0 Å². The van der Waals surface area contributed by atoms with E-state index in [-0.39, 0.29) is 6.42 Å². The third-order valence-corrected chi connectivity index (χ3v) is 2.32. The number of carbonyl (C=O) groups is 2. The summed E-state index contributed by atoms with van der Waals surface area (Å²) in [6, 6.07) is 3.50. The number of cyclic esters (lactones) is 2. The number of carbonyl (C=O) groups excluding carboxylic acids is 2. The normalized spacial score (nSPS) is 14.5. The molecule has 0 aliphatic carbocycles. The molecular formula is C11H10O4. The number of hydrogen-bond donors (Lipinski definition) is 0. The van der Waals surface area contributed by atoms with Gasteiger partial charge in [0, 0.05) is 5.56 Å². The van der Waals surface area contributed by atoms with Crippen LogP contribution in [0.15, 0.2) is 12.1 Å². The largest absolute Gasteiger partial charge is 0.496 e.